The minimum absolute atomic E-state index is 0.0214. The van der Waals surface area contributed by atoms with E-state index in [1.807, 2.05) is 0 Å². The highest BCUT2D eigenvalue weighted by Crippen LogP contribution is 2.32. The molecular weight excluding hydrogens is 212 g/mol. The van der Waals surface area contributed by atoms with Gasteiger partial charge in [0.15, 0.2) is 0 Å². The lowest BCUT2D eigenvalue weighted by Gasteiger charge is -2.30. The highest BCUT2D eigenvalue weighted by Gasteiger charge is 2.22. The van der Waals surface area contributed by atoms with E-state index in [1.165, 1.54) is 25.3 Å². The molecule has 2 N–H and O–H groups in total. The molecule has 3 nitrogen and oxygen atoms in total. The van der Waals surface area contributed by atoms with E-state index in [2.05, 4.69) is 41.2 Å². The summed E-state index contributed by atoms with van der Waals surface area (Å²) in [7, 11) is 0. The molecule has 2 rings (SSSR count). The van der Waals surface area contributed by atoms with Crippen molar-refractivity contribution < 1.29 is 4.79 Å². The van der Waals surface area contributed by atoms with Gasteiger partial charge in [-0.15, -0.1) is 0 Å². The number of nitrogens with one attached hydrogen (secondary N) is 2. The molecule has 1 aromatic carbocycles. The van der Waals surface area contributed by atoms with Crippen molar-refractivity contribution >= 4 is 5.91 Å². The molecule has 0 aromatic heterocycles. The lowest BCUT2D eigenvalue weighted by atomic mass is 9.81. The first-order chi connectivity index (χ1) is 8.25. The zero-order chi connectivity index (χ0) is 12.1. The van der Waals surface area contributed by atoms with Gasteiger partial charge in [-0.05, 0) is 30.7 Å². The quantitative estimate of drug-likeness (QED) is 0.785. The van der Waals surface area contributed by atoms with Crippen LogP contribution < -0.4 is 10.9 Å². The van der Waals surface area contributed by atoms with Gasteiger partial charge in [0.2, 0.25) is 5.91 Å². The molecular formula is C14H20N2O. The Morgan fingerprint density at radius 1 is 1.24 bits per heavy atom. The van der Waals surface area contributed by atoms with E-state index >= 15 is 0 Å². The predicted octanol–water partition coefficient (Wildman–Crippen LogP) is 2.35. The van der Waals surface area contributed by atoms with E-state index < -0.39 is 0 Å². The molecule has 1 aromatic rings. The topological polar surface area (TPSA) is 41.1 Å². The molecule has 1 fully saturated rings. The summed E-state index contributed by atoms with van der Waals surface area (Å²) < 4.78 is 0. The molecule has 0 saturated heterocycles. The normalized spacial score (nSPS) is 24.3. The Morgan fingerprint density at radius 3 is 2.71 bits per heavy atom. The van der Waals surface area contributed by atoms with Crippen molar-refractivity contribution in [2.24, 2.45) is 0 Å². The van der Waals surface area contributed by atoms with E-state index in [0.717, 1.165) is 12.8 Å². The average molecular weight is 232 g/mol. The summed E-state index contributed by atoms with van der Waals surface area (Å²) >= 11 is 0. The predicted molar refractivity (Wildman–Crippen MR) is 68.4 cm³/mol. The standard InChI is InChI=1S/C14H20N2O/c1-11(17)15-16-14-9-5-8-13(10-14)12-6-3-2-4-7-12/h2-4,6-7,13-14,16H,5,8-10H2,1H3,(H,15,17)/t13-,14+/m0/s1. The zero-order valence-electron chi connectivity index (χ0n) is 10.3. The number of rotatable bonds is 3. The fraction of sp³-hybridized carbons (Fsp3) is 0.500. The number of carbonyl (C=O) groups is 1. The summed E-state index contributed by atoms with van der Waals surface area (Å²) in [6, 6.07) is 11.1. The SMILES string of the molecule is CC(=O)NN[C@@H]1CCC[C@H](c2ccccc2)C1. The second-order valence-corrected chi connectivity index (χ2v) is 4.80. The summed E-state index contributed by atoms with van der Waals surface area (Å²) in [5.41, 5.74) is 7.24. The molecule has 2 atom stereocenters. The second kappa shape index (κ2) is 5.82. The molecule has 0 unspecified atom stereocenters. The van der Waals surface area contributed by atoms with Gasteiger partial charge >= 0.3 is 0 Å². The summed E-state index contributed by atoms with van der Waals surface area (Å²) in [5, 5.41) is 0. The summed E-state index contributed by atoms with van der Waals surface area (Å²) in [6.45, 7) is 1.53. The summed E-state index contributed by atoms with van der Waals surface area (Å²) in [4.78, 5) is 10.9. The maximum absolute atomic E-state index is 10.9. The maximum Gasteiger partial charge on any atom is 0.230 e. The van der Waals surface area contributed by atoms with Crippen LogP contribution in [0.25, 0.3) is 0 Å². The summed E-state index contributed by atoms with van der Waals surface area (Å²) in [5.74, 6) is 0.600. The van der Waals surface area contributed by atoms with Gasteiger partial charge in [-0.2, -0.15) is 0 Å². The van der Waals surface area contributed by atoms with Crippen LogP contribution >= 0.6 is 0 Å². The Bertz CT molecular complexity index is 364. The molecule has 1 saturated carbocycles. The van der Waals surface area contributed by atoms with Crippen molar-refractivity contribution in [3.05, 3.63) is 35.9 Å². The van der Waals surface area contributed by atoms with E-state index in [-0.39, 0.29) is 5.91 Å². The monoisotopic (exact) mass is 232 g/mol. The first-order valence-corrected chi connectivity index (χ1v) is 6.33. The van der Waals surface area contributed by atoms with Crippen molar-refractivity contribution in [3.63, 3.8) is 0 Å². The number of hydrogen-bond acceptors (Lipinski definition) is 2. The van der Waals surface area contributed by atoms with Crippen molar-refractivity contribution in [2.45, 2.75) is 44.6 Å². The Morgan fingerprint density at radius 2 is 2.00 bits per heavy atom. The van der Waals surface area contributed by atoms with Crippen LogP contribution in [0.5, 0.6) is 0 Å². The number of hydrogen-bond donors (Lipinski definition) is 2. The number of amides is 1. The number of carbonyl (C=O) groups excluding carboxylic acids is 1. The molecule has 1 aliphatic carbocycles. The van der Waals surface area contributed by atoms with Crippen molar-refractivity contribution in [3.8, 4) is 0 Å². The largest absolute Gasteiger partial charge is 0.292 e. The van der Waals surface area contributed by atoms with Crippen LogP contribution in [0.1, 0.15) is 44.1 Å². The molecule has 3 heteroatoms. The fourth-order valence-corrected chi connectivity index (χ4v) is 2.55. The van der Waals surface area contributed by atoms with Gasteiger partial charge in [-0.1, -0.05) is 36.8 Å². The van der Waals surface area contributed by atoms with Crippen LogP contribution in [0.2, 0.25) is 0 Å². The molecule has 92 valence electrons. The van der Waals surface area contributed by atoms with E-state index in [1.54, 1.807) is 0 Å². The third-order valence-corrected chi connectivity index (χ3v) is 3.40. The second-order valence-electron chi connectivity index (χ2n) is 4.80. The van der Waals surface area contributed by atoms with Crippen molar-refractivity contribution in [2.75, 3.05) is 0 Å². The van der Waals surface area contributed by atoms with Crippen LogP contribution in [-0.4, -0.2) is 11.9 Å². The van der Waals surface area contributed by atoms with Gasteiger partial charge in [-0.3, -0.25) is 10.2 Å². The van der Waals surface area contributed by atoms with Crippen LogP contribution in [0, 0.1) is 0 Å². The van der Waals surface area contributed by atoms with Crippen molar-refractivity contribution in [1.82, 2.24) is 10.9 Å². The fourth-order valence-electron chi connectivity index (χ4n) is 2.55. The smallest absolute Gasteiger partial charge is 0.230 e. The highest BCUT2D eigenvalue weighted by molar-refractivity contribution is 5.72. The molecule has 0 aliphatic heterocycles. The number of hydrazine groups is 1. The maximum atomic E-state index is 10.9. The van der Waals surface area contributed by atoms with Gasteiger partial charge in [-0.25, -0.2) is 5.43 Å². The molecule has 1 aliphatic rings. The van der Waals surface area contributed by atoms with Crippen LogP contribution in [0.4, 0.5) is 0 Å². The molecule has 1 amide bonds. The molecule has 0 bridgehead atoms. The Balaban J connectivity index is 1.91. The molecule has 17 heavy (non-hydrogen) atoms. The highest BCUT2D eigenvalue weighted by atomic mass is 16.2. The average Bonchev–Trinajstić information content (AvgIpc) is 2.38. The Labute approximate surface area is 103 Å². The Kier molecular flexibility index (Phi) is 4.15. The van der Waals surface area contributed by atoms with Crippen LogP contribution in [0.3, 0.4) is 0 Å². The minimum Gasteiger partial charge on any atom is -0.292 e. The first kappa shape index (κ1) is 12.1. The number of benzene rings is 1. The summed E-state index contributed by atoms with van der Waals surface area (Å²) in [6.07, 6.45) is 4.72. The van der Waals surface area contributed by atoms with Gasteiger partial charge in [0.05, 0.1) is 0 Å². The minimum atomic E-state index is -0.0214. The lowest BCUT2D eigenvalue weighted by molar-refractivity contribution is -0.120. The third-order valence-electron chi connectivity index (χ3n) is 3.40. The van der Waals surface area contributed by atoms with Gasteiger partial charge in [0.1, 0.15) is 0 Å². The van der Waals surface area contributed by atoms with Crippen LogP contribution in [-0.2, 0) is 4.79 Å². The first-order valence-electron chi connectivity index (χ1n) is 6.33. The zero-order valence-corrected chi connectivity index (χ0v) is 10.3. The van der Waals surface area contributed by atoms with E-state index in [4.69, 9.17) is 0 Å². The van der Waals surface area contributed by atoms with Crippen molar-refractivity contribution in [1.29, 1.82) is 0 Å². The lowest BCUT2D eigenvalue weighted by Crippen LogP contribution is -2.45. The van der Waals surface area contributed by atoms with E-state index in [0.29, 0.717) is 12.0 Å². The third kappa shape index (κ3) is 3.56. The van der Waals surface area contributed by atoms with Gasteiger partial charge in [0, 0.05) is 13.0 Å². The van der Waals surface area contributed by atoms with Crippen LogP contribution in [0.15, 0.2) is 30.3 Å². The van der Waals surface area contributed by atoms with Gasteiger partial charge in [0.25, 0.3) is 0 Å². The molecule has 0 radical (unpaired) electrons. The van der Waals surface area contributed by atoms with Gasteiger partial charge < -0.3 is 0 Å². The van der Waals surface area contributed by atoms with E-state index in [9.17, 15) is 4.79 Å². The Hall–Kier alpha value is -1.35. The molecule has 0 spiro atoms. The molecule has 0 heterocycles.